The van der Waals surface area contributed by atoms with Crippen molar-refractivity contribution >= 4 is 23.2 Å². The van der Waals surface area contributed by atoms with Crippen LogP contribution in [0.25, 0.3) is 0 Å². The second-order valence-corrected chi connectivity index (χ2v) is 8.99. The van der Waals surface area contributed by atoms with Gasteiger partial charge in [-0.3, -0.25) is 14.5 Å². The van der Waals surface area contributed by atoms with E-state index >= 15 is 0 Å². The van der Waals surface area contributed by atoms with Crippen molar-refractivity contribution in [3.63, 3.8) is 0 Å². The first kappa shape index (κ1) is 24.0. The number of hydrogen-bond acceptors (Lipinski definition) is 6. The molecule has 1 fully saturated rings. The van der Waals surface area contributed by atoms with Crippen LogP contribution in [0.1, 0.15) is 17.2 Å². The summed E-state index contributed by atoms with van der Waals surface area (Å²) in [5.74, 6) is -1.18. The highest BCUT2D eigenvalue weighted by molar-refractivity contribution is 6.35. The van der Waals surface area contributed by atoms with E-state index < -0.39 is 11.8 Å². The molecule has 0 bridgehead atoms. The van der Waals surface area contributed by atoms with Gasteiger partial charge in [0.1, 0.15) is 0 Å². The number of rotatable bonds is 8. The molecular formula is C26H35N5O3. The summed E-state index contributed by atoms with van der Waals surface area (Å²) in [7, 11) is 4.03. The molecule has 1 unspecified atom stereocenters. The van der Waals surface area contributed by atoms with Gasteiger partial charge in [0.15, 0.2) is 0 Å². The number of nitrogens with zero attached hydrogens (tertiary/aromatic N) is 3. The van der Waals surface area contributed by atoms with Crippen LogP contribution >= 0.6 is 0 Å². The molecule has 2 aromatic carbocycles. The van der Waals surface area contributed by atoms with Crippen LogP contribution in [0.5, 0.6) is 0 Å². The highest BCUT2D eigenvalue weighted by Gasteiger charge is 2.28. The SMILES string of the molecule is CN(C)c1ccc(C(CNC(=O)C(=O)NCCN2CCOCC2)N2CCc3ccccc32)cc1. The van der Waals surface area contributed by atoms with Gasteiger partial charge in [0.25, 0.3) is 0 Å². The molecule has 2 N–H and O–H groups in total. The van der Waals surface area contributed by atoms with Crippen molar-refractivity contribution in [3.05, 3.63) is 59.7 Å². The minimum atomic E-state index is -0.593. The molecule has 0 radical (unpaired) electrons. The third-order valence-corrected chi connectivity index (χ3v) is 6.57. The number of carbonyl (C=O) groups excluding carboxylic acids is 2. The summed E-state index contributed by atoms with van der Waals surface area (Å²) in [6, 6.07) is 16.7. The Hall–Kier alpha value is -3.10. The Bertz CT molecular complexity index is 973. The number of nitrogens with one attached hydrogen (secondary N) is 2. The fourth-order valence-electron chi connectivity index (χ4n) is 4.59. The maximum atomic E-state index is 12.6. The van der Waals surface area contributed by atoms with Gasteiger partial charge in [-0.25, -0.2) is 0 Å². The van der Waals surface area contributed by atoms with Crippen LogP contribution in [-0.4, -0.2) is 83.3 Å². The van der Waals surface area contributed by atoms with Crippen molar-refractivity contribution in [3.8, 4) is 0 Å². The molecular weight excluding hydrogens is 430 g/mol. The summed E-state index contributed by atoms with van der Waals surface area (Å²) >= 11 is 0. The van der Waals surface area contributed by atoms with E-state index in [-0.39, 0.29) is 6.04 Å². The van der Waals surface area contributed by atoms with Crippen LogP contribution in [0.2, 0.25) is 0 Å². The number of carbonyl (C=O) groups is 2. The largest absolute Gasteiger partial charge is 0.379 e. The van der Waals surface area contributed by atoms with Gasteiger partial charge in [-0.1, -0.05) is 30.3 Å². The number of amides is 2. The molecule has 0 saturated carbocycles. The molecule has 4 rings (SSSR count). The summed E-state index contributed by atoms with van der Waals surface area (Å²) in [4.78, 5) is 31.6. The molecule has 34 heavy (non-hydrogen) atoms. The van der Waals surface area contributed by atoms with Crippen molar-refractivity contribution in [2.45, 2.75) is 12.5 Å². The molecule has 2 aliphatic heterocycles. The van der Waals surface area contributed by atoms with Gasteiger partial charge >= 0.3 is 11.8 Å². The Morgan fingerprint density at radius 2 is 1.68 bits per heavy atom. The highest BCUT2D eigenvalue weighted by Crippen LogP contribution is 2.35. The second kappa shape index (κ2) is 11.4. The third-order valence-electron chi connectivity index (χ3n) is 6.57. The summed E-state index contributed by atoms with van der Waals surface area (Å²) in [5, 5.41) is 5.62. The summed E-state index contributed by atoms with van der Waals surface area (Å²) in [6.45, 7) is 5.53. The Kier molecular flexibility index (Phi) is 8.03. The number of fused-ring (bicyclic) bond motifs is 1. The molecule has 2 heterocycles. The lowest BCUT2D eigenvalue weighted by Crippen LogP contribution is -2.46. The first-order chi connectivity index (χ1) is 16.5. The normalized spacial score (nSPS) is 16.6. The van der Waals surface area contributed by atoms with Crippen LogP contribution in [-0.2, 0) is 20.7 Å². The van der Waals surface area contributed by atoms with E-state index in [1.807, 2.05) is 20.2 Å². The number of para-hydroxylation sites is 1. The number of benzene rings is 2. The highest BCUT2D eigenvalue weighted by atomic mass is 16.5. The van der Waals surface area contributed by atoms with Crippen LogP contribution in [0, 0.1) is 0 Å². The average Bonchev–Trinajstić information content (AvgIpc) is 3.29. The Balaban J connectivity index is 1.39. The lowest BCUT2D eigenvalue weighted by atomic mass is 10.0. The van der Waals surface area contributed by atoms with E-state index in [0.29, 0.717) is 32.8 Å². The topological polar surface area (TPSA) is 77.2 Å². The molecule has 1 saturated heterocycles. The second-order valence-electron chi connectivity index (χ2n) is 8.99. The number of ether oxygens (including phenoxy) is 1. The Morgan fingerprint density at radius 3 is 2.41 bits per heavy atom. The first-order valence-corrected chi connectivity index (χ1v) is 12.0. The van der Waals surface area contributed by atoms with Gasteiger partial charge in [-0.2, -0.15) is 0 Å². The maximum absolute atomic E-state index is 12.6. The van der Waals surface area contributed by atoms with Crippen molar-refractivity contribution in [2.75, 3.05) is 76.4 Å². The van der Waals surface area contributed by atoms with Crippen LogP contribution in [0.3, 0.4) is 0 Å². The third kappa shape index (κ3) is 5.87. The summed E-state index contributed by atoms with van der Waals surface area (Å²) in [6.07, 6.45) is 0.971. The minimum absolute atomic E-state index is 0.0648. The van der Waals surface area contributed by atoms with E-state index in [2.05, 4.69) is 67.8 Å². The molecule has 0 aliphatic carbocycles. The quantitative estimate of drug-likeness (QED) is 0.575. The zero-order valence-electron chi connectivity index (χ0n) is 20.1. The number of hydrogen-bond donors (Lipinski definition) is 2. The van der Waals surface area contributed by atoms with Gasteiger partial charge in [0.05, 0.1) is 19.3 Å². The van der Waals surface area contributed by atoms with Crippen LogP contribution in [0.15, 0.2) is 48.5 Å². The van der Waals surface area contributed by atoms with Gasteiger partial charge in [0.2, 0.25) is 0 Å². The number of morpholine rings is 1. The Labute approximate surface area is 201 Å². The van der Waals surface area contributed by atoms with E-state index in [0.717, 1.165) is 37.3 Å². The van der Waals surface area contributed by atoms with Gasteiger partial charge < -0.3 is 25.2 Å². The molecule has 182 valence electrons. The van der Waals surface area contributed by atoms with Gasteiger partial charge in [-0.05, 0) is 35.7 Å². The monoisotopic (exact) mass is 465 g/mol. The van der Waals surface area contributed by atoms with Crippen molar-refractivity contribution < 1.29 is 14.3 Å². The summed E-state index contributed by atoms with van der Waals surface area (Å²) < 4.78 is 5.34. The van der Waals surface area contributed by atoms with Crippen molar-refractivity contribution in [1.82, 2.24) is 15.5 Å². The molecule has 8 nitrogen and oxygen atoms in total. The minimum Gasteiger partial charge on any atom is -0.379 e. The predicted molar refractivity (Wildman–Crippen MR) is 134 cm³/mol. The van der Waals surface area contributed by atoms with E-state index in [1.165, 1.54) is 11.3 Å². The zero-order valence-corrected chi connectivity index (χ0v) is 20.1. The first-order valence-electron chi connectivity index (χ1n) is 12.0. The van der Waals surface area contributed by atoms with Crippen LogP contribution < -0.4 is 20.4 Å². The Morgan fingerprint density at radius 1 is 0.971 bits per heavy atom. The van der Waals surface area contributed by atoms with Crippen molar-refractivity contribution in [1.29, 1.82) is 0 Å². The molecule has 0 spiro atoms. The smallest absolute Gasteiger partial charge is 0.309 e. The van der Waals surface area contributed by atoms with Crippen LogP contribution in [0.4, 0.5) is 11.4 Å². The zero-order chi connectivity index (χ0) is 23.9. The fraction of sp³-hybridized carbons (Fsp3) is 0.462. The molecule has 2 aromatic rings. The van der Waals surface area contributed by atoms with Crippen molar-refractivity contribution in [2.24, 2.45) is 0 Å². The van der Waals surface area contributed by atoms with E-state index in [4.69, 9.17) is 4.74 Å². The fourth-order valence-corrected chi connectivity index (χ4v) is 4.59. The molecule has 2 amide bonds. The molecule has 2 aliphatic rings. The molecule has 1 atom stereocenters. The standard InChI is InChI=1S/C26H35N5O3/c1-29(2)22-9-7-21(8-10-22)24(31-13-11-20-5-3-4-6-23(20)31)19-28-26(33)25(32)27-12-14-30-15-17-34-18-16-30/h3-10,24H,11-19H2,1-2H3,(H,27,32)(H,28,33). The van der Waals surface area contributed by atoms with E-state index in [9.17, 15) is 9.59 Å². The average molecular weight is 466 g/mol. The van der Waals surface area contributed by atoms with E-state index in [1.54, 1.807) is 0 Å². The molecule has 8 heteroatoms. The van der Waals surface area contributed by atoms with Gasteiger partial charge in [-0.15, -0.1) is 0 Å². The lowest BCUT2D eigenvalue weighted by molar-refractivity contribution is -0.139. The maximum Gasteiger partial charge on any atom is 0.309 e. The molecule has 0 aromatic heterocycles. The summed E-state index contributed by atoms with van der Waals surface area (Å²) in [5.41, 5.74) is 4.72. The lowest BCUT2D eigenvalue weighted by Gasteiger charge is -2.31. The number of anilines is 2. The predicted octanol–water partition coefficient (Wildman–Crippen LogP) is 1.42. The van der Waals surface area contributed by atoms with Gasteiger partial charge in [0, 0.05) is 64.7 Å².